The van der Waals surface area contributed by atoms with Crippen LogP contribution in [0, 0.1) is 12.7 Å². The number of halogens is 1. The van der Waals surface area contributed by atoms with E-state index in [0.29, 0.717) is 6.54 Å². The summed E-state index contributed by atoms with van der Waals surface area (Å²) in [5.74, 6) is 1.48. The average Bonchev–Trinajstić information content (AvgIpc) is 2.48. The lowest BCUT2D eigenvalue weighted by molar-refractivity contribution is 0.625. The first-order valence-corrected chi connectivity index (χ1v) is 7.24. The Morgan fingerprint density at radius 2 is 1.81 bits per heavy atom. The maximum Gasteiger partial charge on any atom is 0.134 e. The third kappa shape index (κ3) is 4.41. The summed E-state index contributed by atoms with van der Waals surface area (Å²) in [6, 6.07) is 6.67. The smallest absolute Gasteiger partial charge is 0.134 e. The molecule has 0 aliphatic heterocycles. The minimum atomic E-state index is -0.197. The number of anilines is 2. The van der Waals surface area contributed by atoms with Gasteiger partial charge < -0.3 is 10.6 Å². The van der Waals surface area contributed by atoms with Crippen LogP contribution < -0.4 is 10.6 Å². The molecule has 0 saturated heterocycles. The highest BCUT2D eigenvalue weighted by Crippen LogP contribution is 2.18. The second-order valence-electron chi connectivity index (χ2n) is 4.93. The van der Waals surface area contributed by atoms with E-state index in [2.05, 4.69) is 27.5 Å². The first-order chi connectivity index (χ1) is 10.2. The number of nitrogens with zero attached hydrogens (tertiary/aromatic N) is 2. The molecule has 21 heavy (non-hydrogen) atoms. The molecule has 2 N–H and O–H groups in total. The molecule has 0 radical (unpaired) electrons. The molecule has 1 heterocycles. The molecule has 2 rings (SSSR count). The van der Waals surface area contributed by atoms with Crippen molar-refractivity contribution in [3.63, 3.8) is 0 Å². The first-order valence-electron chi connectivity index (χ1n) is 7.24. The number of benzene rings is 1. The van der Waals surface area contributed by atoms with E-state index >= 15 is 0 Å². The van der Waals surface area contributed by atoms with E-state index in [1.54, 1.807) is 18.5 Å². The quantitative estimate of drug-likeness (QED) is 0.820. The van der Waals surface area contributed by atoms with E-state index < -0.39 is 0 Å². The molecular formula is C16H21FN4. The Morgan fingerprint density at radius 1 is 1.10 bits per heavy atom. The van der Waals surface area contributed by atoms with Crippen LogP contribution in [0.25, 0.3) is 0 Å². The molecule has 0 aliphatic rings. The number of nitrogens with one attached hydrogen (secondary N) is 2. The van der Waals surface area contributed by atoms with Crippen LogP contribution in [-0.4, -0.2) is 23.1 Å². The molecule has 0 fully saturated rings. The van der Waals surface area contributed by atoms with Crippen LogP contribution in [0.3, 0.4) is 0 Å². The monoisotopic (exact) mass is 288 g/mol. The molecule has 1 aromatic heterocycles. The van der Waals surface area contributed by atoms with E-state index in [4.69, 9.17) is 0 Å². The van der Waals surface area contributed by atoms with E-state index in [1.165, 1.54) is 6.07 Å². The summed E-state index contributed by atoms with van der Waals surface area (Å²) < 4.78 is 13.1. The highest BCUT2D eigenvalue weighted by molar-refractivity contribution is 5.56. The van der Waals surface area contributed by atoms with Crippen LogP contribution in [-0.2, 0) is 6.42 Å². The summed E-state index contributed by atoms with van der Waals surface area (Å²) in [4.78, 5) is 8.50. The van der Waals surface area contributed by atoms with Gasteiger partial charge >= 0.3 is 0 Å². The lowest BCUT2D eigenvalue weighted by atomic mass is 10.1. The summed E-state index contributed by atoms with van der Waals surface area (Å²) in [5, 5.41) is 6.56. The van der Waals surface area contributed by atoms with Gasteiger partial charge in [-0.3, -0.25) is 0 Å². The van der Waals surface area contributed by atoms with Gasteiger partial charge in [0.05, 0.1) is 0 Å². The van der Waals surface area contributed by atoms with Crippen molar-refractivity contribution < 1.29 is 4.39 Å². The molecule has 0 amide bonds. The number of hydrogen-bond donors (Lipinski definition) is 2. The van der Waals surface area contributed by atoms with Crippen molar-refractivity contribution in [1.29, 1.82) is 0 Å². The minimum Gasteiger partial charge on any atom is -0.370 e. The lowest BCUT2D eigenvalue weighted by Gasteiger charge is -2.12. The topological polar surface area (TPSA) is 49.8 Å². The first kappa shape index (κ1) is 15.2. The summed E-state index contributed by atoms with van der Waals surface area (Å²) in [6.45, 7) is 5.69. The molecule has 5 heteroatoms. The van der Waals surface area contributed by atoms with Crippen LogP contribution in [0.1, 0.15) is 24.5 Å². The number of rotatable bonds is 7. The fourth-order valence-electron chi connectivity index (χ4n) is 2.07. The van der Waals surface area contributed by atoms with Gasteiger partial charge in [-0.05, 0) is 37.5 Å². The molecule has 1 aromatic carbocycles. The fourth-order valence-corrected chi connectivity index (χ4v) is 2.07. The van der Waals surface area contributed by atoms with Gasteiger partial charge in [-0.2, -0.15) is 0 Å². The summed E-state index contributed by atoms with van der Waals surface area (Å²) in [6.07, 6.45) is 3.35. The van der Waals surface area contributed by atoms with Crippen molar-refractivity contribution >= 4 is 11.6 Å². The second-order valence-corrected chi connectivity index (χ2v) is 4.93. The highest BCUT2D eigenvalue weighted by atomic mass is 19.1. The van der Waals surface area contributed by atoms with Gasteiger partial charge in [0.15, 0.2) is 0 Å². The van der Waals surface area contributed by atoms with Crippen molar-refractivity contribution in [2.75, 3.05) is 23.7 Å². The largest absolute Gasteiger partial charge is 0.370 e. The SMILES string of the molecule is CCCNc1ncnc(NCCc2cccc(F)c2)c1C. The van der Waals surface area contributed by atoms with Crippen LogP contribution in [0.2, 0.25) is 0 Å². The Kier molecular flexibility index (Phi) is 5.49. The molecule has 4 nitrogen and oxygen atoms in total. The zero-order chi connectivity index (χ0) is 15.1. The van der Waals surface area contributed by atoms with Gasteiger partial charge in [0.2, 0.25) is 0 Å². The maximum atomic E-state index is 13.1. The van der Waals surface area contributed by atoms with Crippen LogP contribution in [0.5, 0.6) is 0 Å². The Morgan fingerprint density at radius 3 is 2.48 bits per heavy atom. The lowest BCUT2D eigenvalue weighted by Crippen LogP contribution is -2.11. The van der Waals surface area contributed by atoms with Gasteiger partial charge in [0, 0.05) is 18.7 Å². The second kappa shape index (κ2) is 7.57. The Labute approximate surface area is 124 Å². The predicted molar refractivity (Wildman–Crippen MR) is 84.1 cm³/mol. The predicted octanol–water partition coefficient (Wildman–Crippen LogP) is 3.40. The number of aromatic nitrogens is 2. The molecule has 0 atom stereocenters. The molecule has 0 unspecified atom stereocenters. The zero-order valence-corrected chi connectivity index (χ0v) is 12.5. The van der Waals surface area contributed by atoms with Gasteiger partial charge in [0.25, 0.3) is 0 Å². The van der Waals surface area contributed by atoms with E-state index in [9.17, 15) is 4.39 Å². The third-order valence-corrected chi connectivity index (χ3v) is 3.22. The van der Waals surface area contributed by atoms with Gasteiger partial charge in [0.1, 0.15) is 23.8 Å². The molecule has 112 valence electrons. The minimum absolute atomic E-state index is 0.197. The molecular weight excluding hydrogens is 267 g/mol. The summed E-state index contributed by atoms with van der Waals surface area (Å²) in [5.41, 5.74) is 1.98. The van der Waals surface area contributed by atoms with Gasteiger partial charge in [-0.1, -0.05) is 19.1 Å². The normalized spacial score (nSPS) is 10.4. The van der Waals surface area contributed by atoms with E-state index in [-0.39, 0.29) is 5.82 Å². The highest BCUT2D eigenvalue weighted by Gasteiger charge is 2.06. The van der Waals surface area contributed by atoms with E-state index in [0.717, 1.165) is 42.1 Å². The molecule has 0 spiro atoms. The van der Waals surface area contributed by atoms with Crippen molar-refractivity contribution in [3.05, 3.63) is 47.5 Å². The summed E-state index contributed by atoms with van der Waals surface area (Å²) in [7, 11) is 0. The van der Waals surface area contributed by atoms with Crippen LogP contribution >= 0.6 is 0 Å². The Bertz CT molecular complexity index is 586. The zero-order valence-electron chi connectivity index (χ0n) is 12.5. The van der Waals surface area contributed by atoms with E-state index in [1.807, 2.05) is 13.0 Å². The van der Waals surface area contributed by atoms with Crippen LogP contribution in [0.15, 0.2) is 30.6 Å². The van der Waals surface area contributed by atoms with Gasteiger partial charge in [-0.25, -0.2) is 14.4 Å². The van der Waals surface area contributed by atoms with Crippen molar-refractivity contribution in [2.45, 2.75) is 26.7 Å². The van der Waals surface area contributed by atoms with Crippen LogP contribution in [0.4, 0.5) is 16.0 Å². The molecule has 0 aliphatic carbocycles. The molecule has 0 bridgehead atoms. The number of hydrogen-bond acceptors (Lipinski definition) is 4. The van der Waals surface area contributed by atoms with Crippen molar-refractivity contribution in [3.8, 4) is 0 Å². The molecule has 0 saturated carbocycles. The third-order valence-electron chi connectivity index (χ3n) is 3.22. The van der Waals surface area contributed by atoms with Gasteiger partial charge in [-0.15, -0.1) is 0 Å². The Hall–Kier alpha value is -2.17. The van der Waals surface area contributed by atoms with Crippen molar-refractivity contribution in [2.24, 2.45) is 0 Å². The average molecular weight is 288 g/mol. The Balaban J connectivity index is 1.94. The standard InChI is InChI=1S/C16H21FN4/c1-3-8-18-15-12(2)16(21-11-20-15)19-9-7-13-5-4-6-14(17)10-13/h4-6,10-11H,3,7-9H2,1-2H3,(H2,18,19,20,21). The van der Waals surface area contributed by atoms with Crippen molar-refractivity contribution in [1.82, 2.24) is 9.97 Å². The fraction of sp³-hybridized carbons (Fsp3) is 0.375. The summed E-state index contributed by atoms with van der Waals surface area (Å²) >= 11 is 0. The maximum absolute atomic E-state index is 13.1. The molecule has 2 aromatic rings.